The molecule has 1 aromatic carbocycles. The molecule has 194 valence electrons. The molecule has 1 N–H and O–H groups in total. The number of rotatable bonds is 4. The number of non-ortho nitro benzene ring substituents is 1. The van der Waals surface area contributed by atoms with Gasteiger partial charge in [0.15, 0.2) is 24.0 Å². The molecular formula is C25H31N3O8. The summed E-state index contributed by atoms with van der Waals surface area (Å²) in [4.78, 5) is 23.6. The standard InChI is InChI=1S/C25H31N3O8/c29-22(27-26-15-16-7-9-17(10-8-16)28(30)31)20-18-19(34-24(33-18)11-3-1-4-12-24)21-23(32-20)36-25(35-21)13-5-2-6-14-25/h7-10,15,18-21,23H,1-6,11-14H2,(H,27,29). The van der Waals surface area contributed by atoms with E-state index in [1.54, 1.807) is 12.1 Å². The summed E-state index contributed by atoms with van der Waals surface area (Å²) in [5.41, 5.74) is 3.12. The average molecular weight is 502 g/mol. The molecule has 0 bridgehead atoms. The zero-order chi connectivity index (χ0) is 24.8. The molecule has 3 heterocycles. The van der Waals surface area contributed by atoms with Gasteiger partial charge in [0.2, 0.25) is 0 Å². The van der Waals surface area contributed by atoms with Gasteiger partial charge in [-0.1, -0.05) is 12.8 Å². The van der Waals surface area contributed by atoms with Crippen molar-refractivity contribution in [1.29, 1.82) is 0 Å². The van der Waals surface area contributed by atoms with Crippen LogP contribution >= 0.6 is 0 Å². The number of nitrogens with zero attached hydrogens (tertiary/aromatic N) is 2. The van der Waals surface area contributed by atoms with Crippen LogP contribution in [-0.4, -0.2) is 59.3 Å². The van der Waals surface area contributed by atoms with E-state index in [1.165, 1.54) is 18.3 Å². The van der Waals surface area contributed by atoms with Crippen molar-refractivity contribution in [1.82, 2.24) is 5.43 Å². The lowest BCUT2D eigenvalue weighted by Crippen LogP contribution is -2.59. The van der Waals surface area contributed by atoms with Crippen molar-refractivity contribution in [3.63, 3.8) is 0 Å². The first-order chi connectivity index (χ1) is 17.5. The number of nitro benzene ring substituents is 1. The molecule has 6 rings (SSSR count). The number of hydrazone groups is 1. The number of ether oxygens (including phenoxy) is 5. The predicted octanol–water partition coefficient (Wildman–Crippen LogP) is 3.29. The highest BCUT2D eigenvalue weighted by atomic mass is 16.9. The van der Waals surface area contributed by atoms with E-state index in [-0.39, 0.29) is 5.69 Å². The molecule has 5 atom stereocenters. The van der Waals surface area contributed by atoms with Crippen molar-refractivity contribution in [2.45, 2.75) is 106 Å². The topological polar surface area (TPSA) is 131 Å². The molecule has 2 aliphatic carbocycles. The molecule has 11 heteroatoms. The highest BCUT2D eigenvalue weighted by Gasteiger charge is 2.65. The number of nitrogens with one attached hydrogen (secondary N) is 1. The molecule has 2 saturated carbocycles. The van der Waals surface area contributed by atoms with Crippen LogP contribution in [-0.2, 0) is 28.5 Å². The zero-order valence-corrected chi connectivity index (χ0v) is 20.0. The molecule has 0 aromatic heterocycles. The molecule has 0 radical (unpaired) electrons. The van der Waals surface area contributed by atoms with Crippen LogP contribution < -0.4 is 5.43 Å². The Hall–Kier alpha value is -2.44. The lowest BCUT2D eigenvalue weighted by atomic mass is 9.94. The van der Waals surface area contributed by atoms with Gasteiger partial charge >= 0.3 is 0 Å². The molecule has 11 nitrogen and oxygen atoms in total. The molecule has 5 fully saturated rings. The largest absolute Gasteiger partial charge is 0.341 e. The number of amides is 1. The molecular weight excluding hydrogens is 470 g/mol. The normalized spacial score (nSPS) is 34.5. The van der Waals surface area contributed by atoms with Gasteiger partial charge in [-0.15, -0.1) is 0 Å². The molecule has 36 heavy (non-hydrogen) atoms. The summed E-state index contributed by atoms with van der Waals surface area (Å²) in [6.45, 7) is 0. The van der Waals surface area contributed by atoms with Gasteiger partial charge < -0.3 is 23.7 Å². The molecule has 3 aliphatic heterocycles. The zero-order valence-electron chi connectivity index (χ0n) is 20.0. The minimum Gasteiger partial charge on any atom is -0.341 e. The summed E-state index contributed by atoms with van der Waals surface area (Å²) >= 11 is 0. The van der Waals surface area contributed by atoms with Crippen LogP contribution in [0, 0.1) is 10.1 Å². The van der Waals surface area contributed by atoms with Gasteiger partial charge in [0.1, 0.15) is 18.3 Å². The predicted molar refractivity (Wildman–Crippen MR) is 125 cm³/mol. The third-order valence-electron chi connectivity index (χ3n) is 7.86. The first-order valence-electron chi connectivity index (χ1n) is 12.9. The Kier molecular flexibility index (Phi) is 6.29. The van der Waals surface area contributed by atoms with Crippen molar-refractivity contribution < 1.29 is 33.4 Å². The van der Waals surface area contributed by atoms with E-state index in [0.29, 0.717) is 5.56 Å². The molecule has 5 aliphatic rings. The van der Waals surface area contributed by atoms with Gasteiger partial charge in [-0.2, -0.15) is 5.10 Å². The van der Waals surface area contributed by atoms with E-state index >= 15 is 0 Å². The Labute approximate surface area is 208 Å². The van der Waals surface area contributed by atoms with E-state index in [2.05, 4.69) is 10.5 Å². The highest BCUT2D eigenvalue weighted by molar-refractivity contribution is 5.85. The van der Waals surface area contributed by atoms with Crippen molar-refractivity contribution >= 4 is 17.8 Å². The van der Waals surface area contributed by atoms with Gasteiger partial charge in [-0.05, 0) is 43.4 Å². The molecule has 1 amide bonds. The molecule has 3 saturated heterocycles. The highest BCUT2D eigenvalue weighted by Crippen LogP contribution is 2.50. The number of fused-ring (bicyclic) bond motifs is 3. The number of hydrogen-bond acceptors (Lipinski definition) is 9. The van der Waals surface area contributed by atoms with Crippen LogP contribution in [0.2, 0.25) is 0 Å². The maximum Gasteiger partial charge on any atom is 0.272 e. The van der Waals surface area contributed by atoms with E-state index in [4.69, 9.17) is 23.7 Å². The molecule has 5 unspecified atom stereocenters. The summed E-state index contributed by atoms with van der Waals surface area (Å²) < 4.78 is 32.0. The Morgan fingerprint density at radius 2 is 1.47 bits per heavy atom. The number of benzene rings is 1. The number of nitro groups is 1. The van der Waals surface area contributed by atoms with E-state index in [9.17, 15) is 14.9 Å². The van der Waals surface area contributed by atoms with Gasteiger partial charge in [0, 0.05) is 37.8 Å². The van der Waals surface area contributed by atoms with Crippen LogP contribution in [0.1, 0.15) is 69.8 Å². The van der Waals surface area contributed by atoms with Crippen LogP contribution in [0.3, 0.4) is 0 Å². The second-order valence-electron chi connectivity index (χ2n) is 10.3. The van der Waals surface area contributed by atoms with Crippen LogP contribution in [0.5, 0.6) is 0 Å². The van der Waals surface area contributed by atoms with E-state index in [0.717, 1.165) is 64.2 Å². The van der Waals surface area contributed by atoms with Gasteiger partial charge in [0.05, 0.1) is 11.1 Å². The molecule has 1 aromatic rings. The van der Waals surface area contributed by atoms with Gasteiger partial charge in [-0.25, -0.2) is 5.43 Å². The third-order valence-corrected chi connectivity index (χ3v) is 7.86. The maximum absolute atomic E-state index is 13.2. The van der Waals surface area contributed by atoms with Crippen molar-refractivity contribution in [2.24, 2.45) is 5.10 Å². The van der Waals surface area contributed by atoms with Gasteiger partial charge in [-0.3, -0.25) is 14.9 Å². The number of carbonyl (C=O) groups is 1. The second kappa shape index (κ2) is 9.46. The Balaban J connectivity index is 1.19. The quantitative estimate of drug-likeness (QED) is 0.378. The number of carbonyl (C=O) groups excluding carboxylic acids is 1. The summed E-state index contributed by atoms with van der Waals surface area (Å²) in [7, 11) is 0. The summed E-state index contributed by atoms with van der Waals surface area (Å²) in [5.74, 6) is -1.88. The Bertz CT molecular complexity index is 1020. The van der Waals surface area contributed by atoms with E-state index in [1.807, 2.05) is 0 Å². The van der Waals surface area contributed by atoms with Crippen molar-refractivity contribution in [2.75, 3.05) is 0 Å². The summed E-state index contributed by atoms with van der Waals surface area (Å²) in [6, 6.07) is 5.87. The Morgan fingerprint density at radius 1 is 0.889 bits per heavy atom. The maximum atomic E-state index is 13.2. The summed E-state index contributed by atoms with van der Waals surface area (Å²) in [6.07, 6.45) is 7.64. The fourth-order valence-corrected chi connectivity index (χ4v) is 6.08. The monoisotopic (exact) mass is 501 g/mol. The second-order valence-corrected chi connectivity index (χ2v) is 10.3. The first kappa shape index (κ1) is 23.9. The fraction of sp³-hybridized carbons (Fsp3) is 0.680. The Morgan fingerprint density at radius 3 is 2.11 bits per heavy atom. The minimum atomic E-state index is -0.978. The van der Waals surface area contributed by atoms with Gasteiger partial charge in [0.25, 0.3) is 11.6 Å². The van der Waals surface area contributed by atoms with Crippen molar-refractivity contribution in [3.05, 3.63) is 39.9 Å². The van der Waals surface area contributed by atoms with Crippen molar-refractivity contribution in [3.8, 4) is 0 Å². The average Bonchev–Trinajstić information content (AvgIpc) is 3.42. The summed E-state index contributed by atoms with van der Waals surface area (Å²) in [5, 5.41) is 14.9. The third kappa shape index (κ3) is 4.43. The molecule has 2 spiro atoms. The van der Waals surface area contributed by atoms with Crippen LogP contribution in [0.25, 0.3) is 0 Å². The lowest BCUT2D eigenvalue weighted by Gasteiger charge is -2.36. The smallest absolute Gasteiger partial charge is 0.272 e. The lowest BCUT2D eigenvalue weighted by molar-refractivity contribution is -0.384. The van der Waals surface area contributed by atoms with Crippen LogP contribution in [0.15, 0.2) is 29.4 Å². The number of hydrogen-bond donors (Lipinski definition) is 1. The fourth-order valence-electron chi connectivity index (χ4n) is 6.08. The first-order valence-corrected chi connectivity index (χ1v) is 12.9. The van der Waals surface area contributed by atoms with Crippen LogP contribution in [0.4, 0.5) is 5.69 Å². The van der Waals surface area contributed by atoms with E-state index < -0.39 is 53.1 Å². The minimum absolute atomic E-state index is 0.0167. The SMILES string of the molecule is O=C(NN=Cc1ccc([N+](=O)[O-])cc1)C1OC2OC3(CCCCC3)OC2C2OC3(CCCCC3)OC12.